The van der Waals surface area contributed by atoms with Crippen molar-refractivity contribution in [3.05, 3.63) is 64.7 Å². The van der Waals surface area contributed by atoms with Crippen LogP contribution < -0.4 is 5.32 Å². The average molecular weight is 374 g/mol. The molecule has 0 radical (unpaired) electrons. The molecule has 0 heterocycles. The van der Waals surface area contributed by atoms with Crippen molar-refractivity contribution < 1.29 is 18.0 Å². The minimum atomic E-state index is -4.52. The molecule has 0 aliphatic heterocycles. The van der Waals surface area contributed by atoms with E-state index < -0.39 is 11.7 Å². The van der Waals surface area contributed by atoms with E-state index in [1.54, 1.807) is 0 Å². The van der Waals surface area contributed by atoms with Gasteiger partial charge in [0.15, 0.2) is 0 Å². The summed E-state index contributed by atoms with van der Waals surface area (Å²) in [6, 6.07) is 12.9. The van der Waals surface area contributed by atoms with Crippen molar-refractivity contribution in [3.8, 4) is 0 Å². The van der Waals surface area contributed by atoms with E-state index in [1.807, 2.05) is 37.3 Å². The van der Waals surface area contributed by atoms with Gasteiger partial charge in [0.2, 0.25) is 5.91 Å². The molecule has 0 saturated heterocycles. The normalized spacial score (nSPS) is 12.7. The summed E-state index contributed by atoms with van der Waals surface area (Å²) in [5.74, 6) is -0.226. The molecule has 1 N–H and O–H groups in total. The maximum atomic E-state index is 12.8. The number of amides is 1. The predicted molar refractivity (Wildman–Crippen MR) is 90.2 cm³/mol. The molecule has 7 heteroatoms. The zero-order chi connectivity index (χ0) is 17.7. The van der Waals surface area contributed by atoms with Crippen molar-refractivity contribution in [2.45, 2.75) is 24.0 Å². The van der Waals surface area contributed by atoms with Crippen molar-refractivity contribution in [3.63, 3.8) is 0 Å². The second kappa shape index (κ2) is 7.94. The first-order valence-corrected chi connectivity index (χ1v) is 8.47. The van der Waals surface area contributed by atoms with E-state index in [9.17, 15) is 18.0 Å². The first-order valence-electron chi connectivity index (χ1n) is 7.11. The molecule has 2 nitrogen and oxygen atoms in total. The number of halogens is 4. The average Bonchev–Trinajstić information content (AvgIpc) is 2.53. The molecule has 1 atom stereocenters. The second-order valence-electron chi connectivity index (χ2n) is 5.13. The summed E-state index contributed by atoms with van der Waals surface area (Å²) < 4.78 is 38.4. The lowest BCUT2D eigenvalue weighted by molar-refractivity contribution is -0.137. The molecule has 2 aromatic carbocycles. The van der Waals surface area contributed by atoms with Crippen LogP contribution in [0.5, 0.6) is 0 Å². The molecule has 0 aliphatic rings. The highest BCUT2D eigenvalue weighted by Crippen LogP contribution is 2.36. The van der Waals surface area contributed by atoms with Crippen LogP contribution in [0.3, 0.4) is 0 Å². The van der Waals surface area contributed by atoms with E-state index in [4.69, 9.17) is 11.6 Å². The van der Waals surface area contributed by atoms with Gasteiger partial charge in [0.05, 0.1) is 22.4 Å². The standard InChI is InChI=1S/C17H15ClF3NOS/c1-11(12-5-3-2-4-6-12)22-16(23)10-24-13-7-8-15(18)14(9-13)17(19,20)21/h2-9,11H,10H2,1H3,(H,22,23)/t11-/m0/s1. The fourth-order valence-electron chi connectivity index (χ4n) is 2.07. The van der Waals surface area contributed by atoms with E-state index in [0.717, 1.165) is 23.4 Å². The van der Waals surface area contributed by atoms with E-state index in [1.165, 1.54) is 12.1 Å². The number of hydrogen-bond acceptors (Lipinski definition) is 2. The summed E-state index contributed by atoms with van der Waals surface area (Å²) in [7, 11) is 0. The van der Waals surface area contributed by atoms with Crippen LogP contribution in [0.1, 0.15) is 24.1 Å². The Kier molecular flexibility index (Phi) is 6.18. The van der Waals surface area contributed by atoms with Crippen LogP contribution in [0.4, 0.5) is 13.2 Å². The highest BCUT2D eigenvalue weighted by atomic mass is 35.5. The van der Waals surface area contributed by atoms with E-state index in [0.29, 0.717) is 4.90 Å². The smallest absolute Gasteiger partial charge is 0.349 e. The molecule has 0 saturated carbocycles. The summed E-state index contributed by atoms with van der Waals surface area (Å²) in [4.78, 5) is 12.3. The maximum absolute atomic E-state index is 12.8. The molecule has 0 unspecified atom stereocenters. The molecule has 24 heavy (non-hydrogen) atoms. The summed E-state index contributed by atoms with van der Waals surface area (Å²) in [5.41, 5.74) is 0.0638. The summed E-state index contributed by atoms with van der Waals surface area (Å²) in [6.07, 6.45) is -4.52. The predicted octanol–water partition coefficient (Wildman–Crippen LogP) is 5.33. The summed E-state index contributed by atoms with van der Waals surface area (Å²) >= 11 is 6.61. The molecule has 0 fully saturated rings. The molecule has 1 amide bonds. The lowest BCUT2D eigenvalue weighted by atomic mass is 10.1. The Bertz CT molecular complexity index is 707. The van der Waals surface area contributed by atoms with Gasteiger partial charge in [0.25, 0.3) is 0 Å². The van der Waals surface area contributed by atoms with Crippen molar-refractivity contribution in [2.24, 2.45) is 0 Å². The van der Waals surface area contributed by atoms with Gasteiger partial charge in [-0.1, -0.05) is 41.9 Å². The number of alkyl halides is 3. The number of rotatable bonds is 5. The molecule has 2 rings (SSSR count). The Morgan fingerprint density at radius 1 is 1.21 bits per heavy atom. The lowest BCUT2D eigenvalue weighted by Crippen LogP contribution is -2.28. The zero-order valence-electron chi connectivity index (χ0n) is 12.7. The molecule has 2 aromatic rings. The highest BCUT2D eigenvalue weighted by Gasteiger charge is 2.33. The quantitative estimate of drug-likeness (QED) is 0.718. The molecule has 0 aromatic heterocycles. The third-order valence-corrected chi connectivity index (χ3v) is 4.61. The summed E-state index contributed by atoms with van der Waals surface area (Å²) in [6.45, 7) is 1.85. The van der Waals surface area contributed by atoms with Crippen LogP contribution >= 0.6 is 23.4 Å². The Morgan fingerprint density at radius 3 is 2.50 bits per heavy atom. The number of hydrogen-bond donors (Lipinski definition) is 1. The number of nitrogens with one attached hydrogen (secondary N) is 1. The minimum Gasteiger partial charge on any atom is -0.349 e. The number of thioether (sulfide) groups is 1. The van der Waals surface area contributed by atoms with Crippen molar-refractivity contribution >= 4 is 29.3 Å². The monoisotopic (exact) mass is 373 g/mol. The molecule has 0 bridgehead atoms. The van der Waals surface area contributed by atoms with Crippen molar-refractivity contribution in [1.29, 1.82) is 0 Å². The number of carbonyl (C=O) groups excluding carboxylic acids is 1. The highest BCUT2D eigenvalue weighted by molar-refractivity contribution is 8.00. The van der Waals surface area contributed by atoms with Gasteiger partial charge in [-0.3, -0.25) is 4.79 Å². The van der Waals surface area contributed by atoms with Crippen LogP contribution in [0.25, 0.3) is 0 Å². The Morgan fingerprint density at radius 2 is 1.88 bits per heavy atom. The fourth-order valence-corrected chi connectivity index (χ4v) is 3.04. The van der Waals surface area contributed by atoms with Gasteiger partial charge in [-0.15, -0.1) is 11.8 Å². The maximum Gasteiger partial charge on any atom is 0.417 e. The van der Waals surface area contributed by atoms with Gasteiger partial charge in [-0.25, -0.2) is 0 Å². The third-order valence-electron chi connectivity index (χ3n) is 3.29. The van der Waals surface area contributed by atoms with Crippen LogP contribution in [0.2, 0.25) is 5.02 Å². The van der Waals surface area contributed by atoms with Crippen LogP contribution in [-0.2, 0) is 11.0 Å². The number of carbonyl (C=O) groups is 1. The van der Waals surface area contributed by atoms with Crippen molar-refractivity contribution in [2.75, 3.05) is 5.75 Å². The summed E-state index contributed by atoms with van der Waals surface area (Å²) in [5, 5.41) is 2.46. The SMILES string of the molecule is C[C@H](NC(=O)CSc1ccc(Cl)c(C(F)(F)F)c1)c1ccccc1. The van der Waals surface area contributed by atoms with Gasteiger partial charge in [0.1, 0.15) is 0 Å². The zero-order valence-corrected chi connectivity index (χ0v) is 14.3. The molecular weight excluding hydrogens is 359 g/mol. The Balaban J connectivity index is 1.95. The van der Waals surface area contributed by atoms with Gasteiger partial charge in [-0.2, -0.15) is 13.2 Å². The van der Waals surface area contributed by atoms with Gasteiger partial charge in [-0.05, 0) is 30.7 Å². The van der Waals surface area contributed by atoms with E-state index >= 15 is 0 Å². The van der Waals surface area contributed by atoms with Crippen molar-refractivity contribution in [1.82, 2.24) is 5.32 Å². The fraction of sp³-hybridized carbons (Fsp3) is 0.235. The van der Waals surface area contributed by atoms with Crippen LogP contribution in [-0.4, -0.2) is 11.7 Å². The topological polar surface area (TPSA) is 29.1 Å². The molecular formula is C17H15ClF3NOS. The molecule has 0 aliphatic carbocycles. The third kappa shape index (κ3) is 5.18. The first kappa shape index (κ1) is 18.7. The van der Waals surface area contributed by atoms with E-state index in [2.05, 4.69) is 5.32 Å². The number of benzene rings is 2. The Labute approximate surface area is 147 Å². The minimum absolute atomic E-state index is 0.0239. The van der Waals surface area contributed by atoms with Gasteiger partial charge < -0.3 is 5.32 Å². The van der Waals surface area contributed by atoms with Gasteiger partial charge in [0, 0.05) is 4.90 Å². The van der Waals surface area contributed by atoms with E-state index in [-0.39, 0.29) is 22.7 Å². The second-order valence-corrected chi connectivity index (χ2v) is 6.58. The van der Waals surface area contributed by atoms with Crippen LogP contribution in [0.15, 0.2) is 53.4 Å². The first-order chi connectivity index (χ1) is 11.3. The molecule has 0 spiro atoms. The van der Waals surface area contributed by atoms with Gasteiger partial charge >= 0.3 is 6.18 Å². The molecule has 128 valence electrons. The van der Waals surface area contributed by atoms with Crippen LogP contribution in [0, 0.1) is 0 Å². The lowest BCUT2D eigenvalue weighted by Gasteiger charge is -2.14. The largest absolute Gasteiger partial charge is 0.417 e. The Hall–Kier alpha value is -1.66.